The largest absolute Gasteiger partial charge is 0.396 e. The number of amides is 2. The van der Waals surface area contributed by atoms with Crippen LogP contribution in [0.25, 0.3) is 11.1 Å². The third-order valence-electron chi connectivity index (χ3n) is 4.83. The Morgan fingerprint density at radius 3 is 2.69 bits per heavy atom. The molecule has 1 atom stereocenters. The molecule has 5 heteroatoms. The molecule has 2 aromatic rings. The maximum absolute atomic E-state index is 12.3. The molecule has 2 aromatic carbocycles. The van der Waals surface area contributed by atoms with E-state index < -0.39 is 0 Å². The van der Waals surface area contributed by atoms with Gasteiger partial charge in [-0.25, -0.2) is 4.79 Å². The maximum atomic E-state index is 12.3. The fourth-order valence-electron chi connectivity index (χ4n) is 3.46. The zero-order chi connectivity index (χ0) is 18.2. The Bertz CT molecular complexity index is 705. The van der Waals surface area contributed by atoms with Gasteiger partial charge in [0, 0.05) is 31.8 Å². The number of aliphatic hydroxyl groups excluding tert-OH is 1. The number of piperidine rings is 1. The van der Waals surface area contributed by atoms with Crippen LogP contribution in [0.2, 0.25) is 0 Å². The third kappa shape index (κ3) is 5.07. The number of urea groups is 1. The normalized spacial score (nSPS) is 17.7. The fourth-order valence-corrected chi connectivity index (χ4v) is 3.46. The zero-order valence-electron chi connectivity index (χ0n) is 15.0. The van der Waals surface area contributed by atoms with Crippen LogP contribution in [0, 0.1) is 5.92 Å². The van der Waals surface area contributed by atoms with Gasteiger partial charge in [-0.3, -0.25) is 0 Å². The van der Waals surface area contributed by atoms with Crippen LogP contribution < -0.4 is 10.6 Å². The Morgan fingerprint density at radius 2 is 1.88 bits per heavy atom. The molecular weight excluding hydrogens is 326 g/mol. The van der Waals surface area contributed by atoms with Crippen molar-refractivity contribution >= 4 is 11.7 Å². The second-order valence-corrected chi connectivity index (χ2v) is 6.78. The second kappa shape index (κ2) is 9.36. The summed E-state index contributed by atoms with van der Waals surface area (Å²) in [4.78, 5) is 14.6. The first kappa shape index (κ1) is 18.4. The molecule has 1 fully saturated rings. The van der Waals surface area contributed by atoms with Crippen LogP contribution in [0.15, 0.2) is 54.6 Å². The number of anilines is 1. The predicted molar refractivity (Wildman–Crippen MR) is 105 cm³/mol. The van der Waals surface area contributed by atoms with Crippen molar-refractivity contribution in [1.82, 2.24) is 10.2 Å². The number of aliphatic hydroxyl groups is 1. The Labute approximate surface area is 155 Å². The number of likely N-dealkylation sites (tertiary alicyclic amines) is 1. The number of benzene rings is 2. The van der Waals surface area contributed by atoms with E-state index in [2.05, 4.69) is 15.5 Å². The molecule has 0 bridgehead atoms. The summed E-state index contributed by atoms with van der Waals surface area (Å²) in [5.41, 5.74) is 2.88. The molecule has 0 aliphatic carbocycles. The van der Waals surface area contributed by atoms with Gasteiger partial charge in [0.2, 0.25) is 0 Å². The van der Waals surface area contributed by atoms with Crippen molar-refractivity contribution in [3.05, 3.63) is 54.6 Å². The summed E-state index contributed by atoms with van der Waals surface area (Å²) in [7, 11) is 0. The summed E-state index contributed by atoms with van der Waals surface area (Å²) < 4.78 is 0. The summed E-state index contributed by atoms with van der Waals surface area (Å²) in [5.74, 6) is 0.371. The molecule has 138 valence electrons. The number of hydrogen-bond acceptors (Lipinski definition) is 3. The standard InChI is InChI=1S/C21H27N3O2/c25-16-17-7-6-13-24(15-17)14-12-22-21(26)23-20-11-5-4-10-19(20)18-8-2-1-3-9-18/h1-5,8-11,17,25H,6-7,12-16H2,(H2,22,23,26). The van der Waals surface area contributed by atoms with E-state index in [9.17, 15) is 9.90 Å². The van der Waals surface area contributed by atoms with E-state index in [0.717, 1.165) is 49.3 Å². The van der Waals surface area contributed by atoms with Crippen molar-refractivity contribution in [2.24, 2.45) is 5.92 Å². The molecule has 1 saturated heterocycles. The molecule has 1 heterocycles. The highest BCUT2D eigenvalue weighted by molar-refractivity contribution is 5.94. The number of rotatable bonds is 6. The van der Waals surface area contributed by atoms with Crippen molar-refractivity contribution in [3.63, 3.8) is 0 Å². The predicted octanol–water partition coefficient (Wildman–Crippen LogP) is 3.18. The van der Waals surface area contributed by atoms with Crippen LogP contribution in [0.1, 0.15) is 12.8 Å². The van der Waals surface area contributed by atoms with E-state index in [1.165, 1.54) is 0 Å². The van der Waals surface area contributed by atoms with Crippen LogP contribution in [0.5, 0.6) is 0 Å². The van der Waals surface area contributed by atoms with Gasteiger partial charge in [0.25, 0.3) is 0 Å². The first-order valence-corrected chi connectivity index (χ1v) is 9.29. The van der Waals surface area contributed by atoms with Crippen LogP contribution in [-0.2, 0) is 0 Å². The Morgan fingerprint density at radius 1 is 1.12 bits per heavy atom. The highest BCUT2D eigenvalue weighted by Gasteiger charge is 2.18. The van der Waals surface area contributed by atoms with E-state index in [1.54, 1.807) is 0 Å². The molecule has 0 aromatic heterocycles. The Kier molecular flexibility index (Phi) is 6.63. The third-order valence-corrected chi connectivity index (χ3v) is 4.83. The number of hydrogen-bond donors (Lipinski definition) is 3. The minimum atomic E-state index is -0.191. The van der Waals surface area contributed by atoms with E-state index >= 15 is 0 Å². The van der Waals surface area contributed by atoms with Crippen LogP contribution >= 0.6 is 0 Å². The van der Waals surface area contributed by atoms with Gasteiger partial charge in [-0.1, -0.05) is 48.5 Å². The van der Waals surface area contributed by atoms with Crippen molar-refractivity contribution in [2.45, 2.75) is 12.8 Å². The zero-order valence-corrected chi connectivity index (χ0v) is 15.0. The lowest BCUT2D eigenvalue weighted by Gasteiger charge is -2.31. The van der Waals surface area contributed by atoms with E-state index in [0.29, 0.717) is 12.5 Å². The first-order valence-electron chi connectivity index (χ1n) is 9.29. The fraction of sp³-hybridized carbons (Fsp3) is 0.381. The van der Waals surface area contributed by atoms with Gasteiger partial charge in [-0.05, 0) is 36.9 Å². The average Bonchev–Trinajstić information content (AvgIpc) is 2.69. The number of para-hydroxylation sites is 1. The highest BCUT2D eigenvalue weighted by atomic mass is 16.3. The molecule has 26 heavy (non-hydrogen) atoms. The van der Waals surface area contributed by atoms with Gasteiger partial charge in [0.15, 0.2) is 0 Å². The van der Waals surface area contributed by atoms with Gasteiger partial charge in [0.1, 0.15) is 0 Å². The first-order chi connectivity index (χ1) is 12.8. The minimum absolute atomic E-state index is 0.191. The smallest absolute Gasteiger partial charge is 0.319 e. The molecule has 3 rings (SSSR count). The molecule has 0 spiro atoms. The molecule has 3 N–H and O–H groups in total. The SMILES string of the molecule is O=C(NCCN1CCCC(CO)C1)Nc1ccccc1-c1ccccc1. The minimum Gasteiger partial charge on any atom is -0.396 e. The van der Waals surface area contributed by atoms with Gasteiger partial charge in [-0.2, -0.15) is 0 Å². The van der Waals surface area contributed by atoms with Crippen LogP contribution in [-0.4, -0.2) is 48.8 Å². The second-order valence-electron chi connectivity index (χ2n) is 6.78. The number of nitrogens with one attached hydrogen (secondary N) is 2. The summed E-state index contributed by atoms with van der Waals surface area (Å²) in [6.07, 6.45) is 2.21. The van der Waals surface area contributed by atoms with Crippen molar-refractivity contribution in [2.75, 3.05) is 38.1 Å². The summed E-state index contributed by atoms with van der Waals surface area (Å²) >= 11 is 0. The molecule has 1 unspecified atom stereocenters. The van der Waals surface area contributed by atoms with Crippen molar-refractivity contribution in [1.29, 1.82) is 0 Å². The molecule has 1 aliphatic rings. The molecule has 5 nitrogen and oxygen atoms in total. The highest BCUT2D eigenvalue weighted by Crippen LogP contribution is 2.27. The number of carbonyl (C=O) groups excluding carboxylic acids is 1. The topological polar surface area (TPSA) is 64.6 Å². The summed E-state index contributed by atoms with van der Waals surface area (Å²) in [6, 6.07) is 17.7. The van der Waals surface area contributed by atoms with Gasteiger partial charge in [-0.15, -0.1) is 0 Å². The quantitative estimate of drug-likeness (QED) is 0.747. The lowest BCUT2D eigenvalue weighted by Crippen LogP contribution is -2.42. The van der Waals surface area contributed by atoms with Gasteiger partial charge < -0.3 is 20.6 Å². The number of carbonyl (C=O) groups is 1. The molecule has 0 radical (unpaired) electrons. The Hall–Kier alpha value is -2.37. The average molecular weight is 353 g/mol. The molecule has 2 amide bonds. The molecule has 1 aliphatic heterocycles. The Balaban J connectivity index is 1.51. The maximum Gasteiger partial charge on any atom is 0.319 e. The van der Waals surface area contributed by atoms with Gasteiger partial charge in [0.05, 0.1) is 5.69 Å². The summed E-state index contributed by atoms with van der Waals surface area (Å²) in [6.45, 7) is 3.61. The van der Waals surface area contributed by atoms with Crippen LogP contribution in [0.4, 0.5) is 10.5 Å². The lowest BCUT2D eigenvalue weighted by molar-refractivity contribution is 0.121. The van der Waals surface area contributed by atoms with E-state index in [1.807, 2.05) is 54.6 Å². The summed E-state index contributed by atoms with van der Waals surface area (Å²) in [5, 5.41) is 15.2. The van der Waals surface area contributed by atoms with Crippen molar-refractivity contribution in [3.8, 4) is 11.1 Å². The lowest BCUT2D eigenvalue weighted by atomic mass is 9.99. The van der Waals surface area contributed by atoms with E-state index in [4.69, 9.17) is 0 Å². The van der Waals surface area contributed by atoms with Crippen LogP contribution in [0.3, 0.4) is 0 Å². The van der Waals surface area contributed by atoms with Crippen molar-refractivity contribution < 1.29 is 9.90 Å². The molecule has 0 saturated carbocycles. The number of nitrogens with zero attached hydrogens (tertiary/aromatic N) is 1. The molecular formula is C21H27N3O2. The van der Waals surface area contributed by atoms with Gasteiger partial charge >= 0.3 is 6.03 Å². The monoisotopic (exact) mass is 353 g/mol. The van der Waals surface area contributed by atoms with E-state index in [-0.39, 0.29) is 12.6 Å².